The maximum absolute atomic E-state index is 12.7. The van der Waals surface area contributed by atoms with E-state index in [1.54, 1.807) is 13.0 Å². The Kier molecular flexibility index (Phi) is 4.98. The highest BCUT2D eigenvalue weighted by Crippen LogP contribution is 2.28. The smallest absolute Gasteiger partial charge is 0.310 e. The van der Waals surface area contributed by atoms with E-state index in [-0.39, 0.29) is 22.8 Å². The van der Waals surface area contributed by atoms with Crippen LogP contribution in [0.2, 0.25) is 5.02 Å². The predicted octanol–water partition coefficient (Wildman–Crippen LogP) is 2.65. The van der Waals surface area contributed by atoms with Crippen LogP contribution in [0, 0.1) is 11.3 Å². The summed E-state index contributed by atoms with van der Waals surface area (Å²) in [7, 11) is 0. The fourth-order valence-corrected chi connectivity index (χ4v) is 1.59. The summed E-state index contributed by atoms with van der Waals surface area (Å²) in [6, 6.07) is 1.69. The van der Waals surface area contributed by atoms with Crippen LogP contribution in [0.25, 0.3) is 0 Å². The molecule has 0 aliphatic heterocycles. The molecule has 0 atom stereocenters. The molecule has 1 aromatic rings. The van der Waals surface area contributed by atoms with Crippen LogP contribution in [0.15, 0.2) is 6.20 Å². The number of alkyl halides is 2. The molecule has 0 saturated carbocycles. The summed E-state index contributed by atoms with van der Waals surface area (Å²) in [5.41, 5.74) is -0.975. The summed E-state index contributed by atoms with van der Waals surface area (Å²) < 4.78 is 30.1. The van der Waals surface area contributed by atoms with Crippen LogP contribution < -0.4 is 0 Å². The minimum Gasteiger partial charge on any atom is -0.466 e. The fourth-order valence-electron chi connectivity index (χ4n) is 1.39. The Morgan fingerprint density at radius 3 is 2.83 bits per heavy atom. The Morgan fingerprint density at radius 1 is 1.67 bits per heavy atom. The molecule has 1 heterocycles. The molecule has 0 aliphatic carbocycles. The molecular weight excluding hydrogens is 266 g/mol. The van der Waals surface area contributed by atoms with Crippen molar-refractivity contribution in [3.8, 4) is 6.07 Å². The molecule has 0 spiro atoms. The number of nitriles is 1. The highest BCUT2D eigenvalue weighted by molar-refractivity contribution is 6.31. The summed E-state index contributed by atoms with van der Waals surface area (Å²) in [4.78, 5) is 14.8. The third-order valence-electron chi connectivity index (χ3n) is 2.11. The molecule has 0 N–H and O–H groups in total. The molecule has 0 fully saturated rings. The maximum atomic E-state index is 12.7. The molecule has 0 unspecified atom stereocenters. The van der Waals surface area contributed by atoms with Gasteiger partial charge >= 0.3 is 5.97 Å². The largest absolute Gasteiger partial charge is 0.466 e. The van der Waals surface area contributed by atoms with Crippen LogP contribution in [0.5, 0.6) is 0 Å². The van der Waals surface area contributed by atoms with Crippen LogP contribution in [0.4, 0.5) is 8.78 Å². The van der Waals surface area contributed by atoms with E-state index in [2.05, 4.69) is 9.72 Å². The Hall–Kier alpha value is -1.74. The van der Waals surface area contributed by atoms with Gasteiger partial charge in [-0.1, -0.05) is 11.6 Å². The van der Waals surface area contributed by atoms with E-state index in [0.29, 0.717) is 0 Å². The first-order chi connectivity index (χ1) is 8.51. The summed E-state index contributed by atoms with van der Waals surface area (Å²) in [5, 5.41) is 8.82. The van der Waals surface area contributed by atoms with Crippen molar-refractivity contribution in [1.29, 1.82) is 5.26 Å². The number of halogens is 3. The Balaban J connectivity index is 3.24. The van der Waals surface area contributed by atoms with E-state index in [0.717, 1.165) is 6.20 Å². The fraction of sp³-hybridized carbons (Fsp3) is 0.364. The molecule has 1 rings (SSSR count). The summed E-state index contributed by atoms with van der Waals surface area (Å²) in [6.45, 7) is 1.71. The number of esters is 1. The van der Waals surface area contributed by atoms with Crippen molar-refractivity contribution >= 4 is 17.6 Å². The zero-order valence-electron chi connectivity index (χ0n) is 9.41. The van der Waals surface area contributed by atoms with Crippen molar-refractivity contribution in [2.75, 3.05) is 6.61 Å². The van der Waals surface area contributed by atoms with E-state index in [1.165, 1.54) is 0 Å². The molecule has 18 heavy (non-hydrogen) atoms. The number of ether oxygens (including phenoxy) is 1. The average Bonchev–Trinajstić information content (AvgIpc) is 2.29. The second-order valence-corrected chi connectivity index (χ2v) is 3.65. The molecule has 96 valence electrons. The van der Waals surface area contributed by atoms with Gasteiger partial charge < -0.3 is 4.74 Å². The van der Waals surface area contributed by atoms with Gasteiger partial charge in [-0.05, 0) is 6.92 Å². The van der Waals surface area contributed by atoms with Crippen LogP contribution >= 0.6 is 11.6 Å². The van der Waals surface area contributed by atoms with Crippen LogP contribution in [-0.2, 0) is 16.0 Å². The van der Waals surface area contributed by atoms with Gasteiger partial charge in [0.1, 0.15) is 11.8 Å². The minimum atomic E-state index is -2.89. The summed E-state index contributed by atoms with van der Waals surface area (Å²) in [5.74, 6) is -0.708. The van der Waals surface area contributed by atoms with Crippen molar-refractivity contribution in [3.05, 3.63) is 28.0 Å². The van der Waals surface area contributed by atoms with E-state index in [9.17, 15) is 13.6 Å². The predicted molar refractivity (Wildman–Crippen MR) is 59.3 cm³/mol. The lowest BCUT2D eigenvalue weighted by Gasteiger charge is -2.10. The number of pyridine rings is 1. The molecule has 0 aliphatic rings. The lowest BCUT2D eigenvalue weighted by atomic mass is 10.0. The van der Waals surface area contributed by atoms with Gasteiger partial charge in [0.25, 0.3) is 6.43 Å². The van der Waals surface area contributed by atoms with Crippen molar-refractivity contribution in [2.24, 2.45) is 0 Å². The lowest BCUT2D eigenvalue weighted by molar-refractivity contribution is -0.142. The molecule has 0 bridgehead atoms. The number of carbonyl (C=O) groups is 1. The van der Waals surface area contributed by atoms with Gasteiger partial charge in [-0.25, -0.2) is 8.78 Å². The van der Waals surface area contributed by atoms with E-state index < -0.39 is 24.5 Å². The number of nitrogens with zero attached hydrogens (tertiary/aromatic N) is 2. The Morgan fingerprint density at radius 2 is 2.33 bits per heavy atom. The number of rotatable bonds is 4. The molecule has 0 saturated heterocycles. The summed E-state index contributed by atoms with van der Waals surface area (Å²) >= 11 is 5.68. The van der Waals surface area contributed by atoms with Crippen LogP contribution in [-0.4, -0.2) is 17.6 Å². The second-order valence-electron chi connectivity index (χ2n) is 3.24. The molecule has 0 aromatic carbocycles. The van der Waals surface area contributed by atoms with Crippen LogP contribution in [0.3, 0.4) is 0 Å². The van der Waals surface area contributed by atoms with Crippen molar-refractivity contribution in [2.45, 2.75) is 19.8 Å². The zero-order valence-corrected chi connectivity index (χ0v) is 10.2. The first-order valence-corrected chi connectivity index (χ1v) is 5.40. The average molecular weight is 275 g/mol. The van der Waals surface area contributed by atoms with E-state index >= 15 is 0 Å². The van der Waals surface area contributed by atoms with E-state index in [1.807, 2.05) is 0 Å². The molecule has 7 heteroatoms. The highest BCUT2D eigenvalue weighted by atomic mass is 35.5. The Bertz CT molecular complexity index is 501. The number of carbonyl (C=O) groups excluding carboxylic acids is 1. The van der Waals surface area contributed by atoms with Crippen molar-refractivity contribution in [1.82, 2.24) is 4.98 Å². The SMILES string of the molecule is CCOC(=O)Cc1c(C(F)F)ncc(Cl)c1C#N. The van der Waals surface area contributed by atoms with Crippen LogP contribution in [0.1, 0.15) is 30.2 Å². The zero-order chi connectivity index (χ0) is 13.7. The van der Waals surface area contributed by atoms with Gasteiger partial charge in [0.2, 0.25) is 0 Å². The monoisotopic (exact) mass is 274 g/mol. The van der Waals surface area contributed by atoms with Gasteiger partial charge in [-0.3, -0.25) is 9.78 Å². The van der Waals surface area contributed by atoms with Crippen molar-refractivity contribution in [3.63, 3.8) is 0 Å². The molecule has 0 radical (unpaired) electrons. The maximum Gasteiger partial charge on any atom is 0.310 e. The number of hydrogen-bond acceptors (Lipinski definition) is 4. The van der Waals surface area contributed by atoms with Gasteiger partial charge in [0.15, 0.2) is 0 Å². The van der Waals surface area contributed by atoms with Gasteiger partial charge in [0.05, 0.1) is 23.6 Å². The van der Waals surface area contributed by atoms with Gasteiger partial charge in [-0.15, -0.1) is 0 Å². The topological polar surface area (TPSA) is 63.0 Å². The third kappa shape index (κ3) is 3.14. The molecular formula is C11H9ClF2N2O2. The Labute approximate surface area is 107 Å². The van der Waals surface area contributed by atoms with Gasteiger partial charge in [-0.2, -0.15) is 5.26 Å². The first-order valence-electron chi connectivity index (χ1n) is 5.02. The second kappa shape index (κ2) is 6.26. The molecule has 0 amide bonds. The third-order valence-corrected chi connectivity index (χ3v) is 2.40. The van der Waals surface area contributed by atoms with Crippen molar-refractivity contribution < 1.29 is 18.3 Å². The van der Waals surface area contributed by atoms with Gasteiger partial charge in [0, 0.05) is 11.8 Å². The van der Waals surface area contributed by atoms with E-state index in [4.69, 9.17) is 16.9 Å². The number of hydrogen-bond donors (Lipinski definition) is 0. The quantitative estimate of drug-likeness (QED) is 0.792. The first kappa shape index (κ1) is 14.3. The number of aromatic nitrogens is 1. The molecule has 1 aromatic heterocycles. The summed E-state index contributed by atoms with van der Waals surface area (Å²) in [6.07, 6.45) is -2.38. The standard InChI is InChI=1S/C11H9ClF2N2O2/c1-2-18-9(17)3-6-7(4-15)8(12)5-16-10(6)11(13)14/h5,11H,2-3H2,1H3. The highest BCUT2D eigenvalue weighted by Gasteiger charge is 2.22. The molecule has 4 nitrogen and oxygen atoms in total. The minimum absolute atomic E-state index is 0.0683. The normalized spacial score (nSPS) is 10.2. The lowest BCUT2D eigenvalue weighted by Crippen LogP contribution is -2.12.